The SMILES string of the molecule is CNC(C)C(=O)NC1CCc2ccccc2N(Cc2c(OC)ccc3cc(F)ccc23)C1=O.Cl. The Labute approximate surface area is 204 Å². The number of carbonyl (C=O) groups excluding carboxylic acids is 2. The largest absolute Gasteiger partial charge is 0.496 e. The summed E-state index contributed by atoms with van der Waals surface area (Å²) in [6, 6.07) is 14.9. The number of hydrogen-bond acceptors (Lipinski definition) is 4. The lowest BCUT2D eigenvalue weighted by Gasteiger charge is -2.28. The molecule has 0 fully saturated rings. The van der Waals surface area contributed by atoms with E-state index in [1.165, 1.54) is 12.1 Å². The van der Waals surface area contributed by atoms with Crippen LogP contribution in [0.1, 0.15) is 24.5 Å². The number of rotatable bonds is 6. The molecular formula is C26H29ClFN3O3. The molecule has 2 amide bonds. The lowest BCUT2D eigenvalue weighted by molar-refractivity contribution is -0.128. The number of likely N-dealkylation sites (N-methyl/N-ethyl adjacent to an activating group) is 1. The van der Waals surface area contributed by atoms with Crippen molar-refractivity contribution in [2.24, 2.45) is 0 Å². The maximum Gasteiger partial charge on any atom is 0.249 e. The highest BCUT2D eigenvalue weighted by molar-refractivity contribution is 6.01. The van der Waals surface area contributed by atoms with Crippen LogP contribution in [0.2, 0.25) is 0 Å². The Morgan fingerprint density at radius 3 is 2.71 bits per heavy atom. The van der Waals surface area contributed by atoms with Gasteiger partial charge in [0.2, 0.25) is 11.8 Å². The number of nitrogens with zero attached hydrogens (tertiary/aromatic N) is 1. The number of aryl methyl sites for hydroxylation is 1. The summed E-state index contributed by atoms with van der Waals surface area (Å²) in [4.78, 5) is 28.0. The molecule has 6 nitrogen and oxygen atoms in total. The number of amides is 2. The zero-order valence-electron chi connectivity index (χ0n) is 19.4. The van der Waals surface area contributed by atoms with Crippen LogP contribution in [0.3, 0.4) is 0 Å². The molecule has 1 heterocycles. The van der Waals surface area contributed by atoms with Crippen molar-refractivity contribution < 1.29 is 18.7 Å². The summed E-state index contributed by atoms with van der Waals surface area (Å²) in [5, 5.41) is 7.36. The second-order valence-corrected chi connectivity index (χ2v) is 8.28. The third kappa shape index (κ3) is 5.00. The molecule has 34 heavy (non-hydrogen) atoms. The molecule has 0 saturated carbocycles. The number of fused-ring (bicyclic) bond motifs is 2. The fourth-order valence-electron chi connectivity index (χ4n) is 4.30. The van der Waals surface area contributed by atoms with Gasteiger partial charge in [-0.1, -0.05) is 30.3 Å². The third-order valence-electron chi connectivity index (χ3n) is 6.28. The first-order valence-electron chi connectivity index (χ1n) is 11.0. The minimum absolute atomic E-state index is 0. The molecule has 0 saturated heterocycles. The number of carbonyl (C=O) groups is 2. The van der Waals surface area contributed by atoms with Crippen LogP contribution >= 0.6 is 12.4 Å². The quantitative estimate of drug-likeness (QED) is 0.554. The molecule has 1 aliphatic rings. The van der Waals surface area contributed by atoms with Crippen LogP contribution in [0.15, 0.2) is 54.6 Å². The topological polar surface area (TPSA) is 70.7 Å². The molecule has 0 aliphatic carbocycles. The van der Waals surface area contributed by atoms with Gasteiger partial charge in [-0.3, -0.25) is 9.59 Å². The van der Waals surface area contributed by atoms with E-state index in [1.807, 2.05) is 24.3 Å². The van der Waals surface area contributed by atoms with Crippen LogP contribution in [-0.2, 0) is 22.6 Å². The molecule has 1 aliphatic heterocycles. The molecule has 0 radical (unpaired) electrons. The normalized spacial score (nSPS) is 16.3. The van der Waals surface area contributed by atoms with Crippen LogP contribution < -0.4 is 20.3 Å². The van der Waals surface area contributed by atoms with E-state index in [0.717, 1.165) is 27.6 Å². The average molecular weight is 486 g/mol. The van der Waals surface area contributed by atoms with E-state index in [4.69, 9.17) is 4.74 Å². The van der Waals surface area contributed by atoms with Gasteiger partial charge in [0.05, 0.1) is 19.7 Å². The van der Waals surface area contributed by atoms with E-state index in [-0.39, 0.29) is 36.6 Å². The standard InChI is InChI=1S/C26H28FN3O3.ClH/c1-16(28-2)25(31)29-22-12-8-17-6-4-5-7-23(17)30(26(22)32)15-21-20-11-10-19(27)14-18(20)9-13-24(21)33-3;/h4-7,9-11,13-14,16,22,28H,8,12,15H2,1-3H3,(H,29,31);1H. The Morgan fingerprint density at radius 1 is 1.21 bits per heavy atom. The van der Waals surface area contributed by atoms with E-state index in [9.17, 15) is 14.0 Å². The maximum absolute atomic E-state index is 13.8. The summed E-state index contributed by atoms with van der Waals surface area (Å²) >= 11 is 0. The number of benzene rings is 3. The van der Waals surface area contributed by atoms with Crippen molar-refractivity contribution in [2.75, 3.05) is 19.1 Å². The summed E-state index contributed by atoms with van der Waals surface area (Å²) in [5.74, 6) is -0.109. The highest BCUT2D eigenvalue weighted by atomic mass is 35.5. The van der Waals surface area contributed by atoms with Crippen LogP contribution in [0, 0.1) is 5.82 Å². The van der Waals surface area contributed by atoms with Crippen LogP contribution in [0.4, 0.5) is 10.1 Å². The van der Waals surface area contributed by atoms with Crippen molar-refractivity contribution in [1.82, 2.24) is 10.6 Å². The van der Waals surface area contributed by atoms with Gasteiger partial charge in [-0.05, 0) is 67.4 Å². The molecule has 0 aromatic heterocycles. The fraction of sp³-hybridized carbons (Fsp3) is 0.308. The second-order valence-electron chi connectivity index (χ2n) is 8.28. The van der Waals surface area contributed by atoms with Crippen molar-refractivity contribution in [3.8, 4) is 5.75 Å². The second kappa shape index (κ2) is 10.8. The minimum atomic E-state index is -0.654. The summed E-state index contributed by atoms with van der Waals surface area (Å²) in [5.41, 5.74) is 2.63. The summed E-state index contributed by atoms with van der Waals surface area (Å²) < 4.78 is 19.5. The lowest BCUT2D eigenvalue weighted by atomic mass is 10.0. The molecule has 2 atom stereocenters. The molecule has 2 N–H and O–H groups in total. The van der Waals surface area contributed by atoms with Crippen molar-refractivity contribution in [3.63, 3.8) is 0 Å². The Kier molecular flexibility index (Phi) is 8.12. The Bertz CT molecular complexity index is 1200. The number of para-hydroxylation sites is 1. The number of nitrogens with one attached hydrogen (secondary N) is 2. The number of ether oxygens (including phenoxy) is 1. The van der Waals surface area contributed by atoms with Gasteiger partial charge >= 0.3 is 0 Å². The summed E-state index contributed by atoms with van der Waals surface area (Å²) in [6.45, 7) is 1.99. The predicted octanol–water partition coefficient (Wildman–Crippen LogP) is 3.98. The van der Waals surface area contributed by atoms with E-state index in [2.05, 4.69) is 10.6 Å². The number of halogens is 2. The first-order valence-corrected chi connectivity index (χ1v) is 11.0. The lowest BCUT2D eigenvalue weighted by Crippen LogP contribution is -2.52. The van der Waals surface area contributed by atoms with E-state index in [0.29, 0.717) is 18.6 Å². The van der Waals surface area contributed by atoms with Gasteiger partial charge < -0.3 is 20.3 Å². The van der Waals surface area contributed by atoms with E-state index in [1.54, 1.807) is 44.2 Å². The van der Waals surface area contributed by atoms with Crippen LogP contribution in [-0.4, -0.2) is 38.1 Å². The van der Waals surface area contributed by atoms with Gasteiger partial charge in [0.15, 0.2) is 0 Å². The van der Waals surface area contributed by atoms with Gasteiger partial charge in [-0.25, -0.2) is 4.39 Å². The van der Waals surface area contributed by atoms with E-state index < -0.39 is 12.1 Å². The molecular weight excluding hydrogens is 457 g/mol. The zero-order chi connectivity index (χ0) is 23.5. The van der Waals surface area contributed by atoms with Crippen LogP contribution in [0.5, 0.6) is 5.75 Å². The molecule has 180 valence electrons. The highest BCUT2D eigenvalue weighted by Crippen LogP contribution is 2.34. The molecule has 0 bridgehead atoms. The van der Waals surface area contributed by atoms with Crippen molar-refractivity contribution in [1.29, 1.82) is 0 Å². The predicted molar refractivity (Wildman–Crippen MR) is 134 cm³/mol. The maximum atomic E-state index is 13.8. The Hall–Kier alpha value is -3.16. The summed E-state index contributed by atoms with van der Waals surface area (Å²) in [7, 11) is 3.28. The zero-order valence-corrected chi connectivity index (χ0v) is 20.2. The Balaban J connectivity index is 0.00000324. The van der Waals surface area contributed by atoms with Crippen molar-refractivity contribution >= 4 is 40.7 Å². The monoisotopic (exact) mass is 485 g/mol. The Morgan fingerprint density at radius 2 is 1.97 bits per heavy atom. The molecule has 8 heteroatoms. The van der Waals surface area contributed by atoms with Gasteiger partial charge in [0.25, 0.3) is 0 Å². The first kappa shape index (κ1) is 25.5. The highest BCUT2D eigenvalue weighted by Gasteiger charge is 2.32. The molecule has 0 spiro atoms. The van der Waals surface area contributed by atoms with Crippen molar-refractivity contribution in [3.05, 3.63) is 71.5 Å². The number of methoxy groups -OCH3 is 1. The first-order chi connectivity index (χ1) is 15.9. The molecule has 2 unspecified atom stereocenters. The van der Waals surface area contributed by atoms with Gasteiger partial charge in [-0.15, -0.1) is 12.4 Å². The molecule has 4 rings (SSSR count). The van der Waals surface area contributed by atoms with Crippen LogP contribution in [0.25, 0.3) is 10.8 Å². The van der Waals surface area contributed by atoms with Gasteiger partial charge in [0, 0.05) is 11.3 Å². The third-order valence-corrected chi connectivity index (χ3v) is 6.28. The van der Waals surface area contributed by atoms with Crippen molar-refractivity contribution in [2.45, 2.75) is 38.4 Å². The number of anilines is 1. The smallest absolute Gasteiger partial charge is 0.249 e. The van der Waals surface area contributed by atoms with E-state index >= 15 is 0 Å². The molecule has 3 aromatic carbocycles. The summed E-state index contributed by atoms with van der Waals surface area (Å²) in [6.07, 6.45) is 1.17. The molecule has 3 aromatic rings. The van der Waals surface area contributed by atoms with Gasteiger partial charge in [0.1, 0.15) is 17.6 Å². The number of hydrogen-bond donors (Lipinski definition) is 2. The van der Waals surface area contributed by atoms with Gasteiger partial charge in [-0.2, -0.15) is 0 Å². The minimum Gasteiger partial charge on any atom is -0.496 e. The fourth-order valence-corrected chi connectivity index (χ4v) is 4.30. The average Bonchev–Trinajstić information content (AvgIpc) is 2.95.